The van der Waals surface area contributed by atoms with Crippen LogP contribution in [0.5, 0.6) is 0 Å². The van der Waals surface area contributed by atoms with Crippen molar-refractivity contribution in [2.45, 2.75) is 51.0 Å². The summed E-state index contributed by atoms with van der Waals surface area (Å²) < 4.78 is 0. The Morgan fingerprint density at radius 2 is 1.93 bits per heavy atom. The number of hydrogen-bond donors (Lipinski definition) is 1. The number of hydrogen-bond acceptors (Lipinski definition) is 1. The Kier molecular flexibility index (Phi) is 3.11. The van der Waals surface area contributed by atoms with Crippen LogP contribution in [0.4, 0.5) is 0 Å². The number of rotatable bonds is 2. The van der Waals surface area contributed by atoms with Crippen LogP contribution in [0.2, 0.25) is 0 Å². The minimum absolute atomic E-state index is 0.120. The van der Waals surface area contributed by atoms with Crippen LogP contribution in [-0.4, -0.2) is 11.2 Å². The molecule has 0 aromatic heterocycles. The van der Waals surface area contributed by atoms with Gasteiger partial charge in [0.2, 0.25) is 0 Å². The second-order valence-corrected chi connectivity index (χ2v) is 4.89. The van der Waals surface area contributed by atoms with Crippen LogP contribution in [0, 0.1) is 0 Å². The Balaban J connectivity index is 2.34. The monoisotopic (exact) mass is 204 g/mol. The van der Waals surface area contributed by atoms with Crippen LogP contribution in [0.3, 0.4) is 0 Å². The molecule has 1 aromatic rings. The minimum Gasteiger partial charge on any atom is -0.392 e. The van der Waals surface area contributed by atoms with Crippen LogP contribution >= 0.6 is 0 Å². The van der Waals surface area contributed by atoms with Gasteiger partial charge in [0.05, 0.1) is 6.10 Å². The van der Waals surface area contributed by atoms with Crippen LogP contribution in [0.15, 0.2) is 24.3 Å². The highest BCUT2D eigenvalue weighted by atomic mass is 16.3. The standard InChI is InChI=1S/C14H20O/c1-10(2)11-6-3-4-7-12(11)13-8-5-9-14(13)15/h3-4,6-7,10,13-15H,5,8-9H2,1-2H3. The maximum atomic E-state index is 9.95. The molecule has 0 radical (unpaired) electrons. The molecule has 2 rings (SSSR count). The summed E-state index contributed by atoms with van der Waals surface area (Å²) in [6.07, 6.45) is 3.16. The van der Waals surface area contributed by atoms with E-state index in [-0.39, 0.29) is 6.10 Å². The smallest absolute Gasteiger partial charge is 0.0608 e. The fourth-order valence-corrected chi connectivity index (χ4v) is 2.68. The quantitative estimate of drug-likeness (QED) is 0.782. The molecule has 1 aromatic carbocycles. The first kappa shape index (κ1) is 10.7. The third-order valence-corrected chi connectivity index (χ3v) is 3.50. The fourth-order valence-electron chi connectivity index (χ4n) is 2.68. The summed E-state index contributed by atoms with van der Waals surface area (Å²) in [6, 6.07) is 8.58. The second-order valence-electron chi connectivity index (χ2n) is 4.89. The molecule has 1 heteroatoms. The molecule has 2 atom stereocenters. The van der Waals surface area contributed by atoms with E-state index in [9.17, 15) is 5.11 Å². The molecular formula is C14H20O. The van der Waals surface area contributed by atoms with Gasteiger partial charge in [-0.05, 0) is 29.9 Å². The van der Waals surface area contributed by atoms with E-state index < -0.39 is 0 Å². The van der Waals surface area contributed by atoms with E-state index in [1.54, 1.807) is 0 Å². The molecule has 0 aliphatic heterocycles. The Hall–Kier alpha value is -0.820. The molecule has 1 saturated carbocycles. The van der Waals surface area contributed by atoms with E-state index in [0.29, 0.717) is 11.8 Å². The van der Waals surface area contributed by atoms with Crippen molar-refractivity contribution in [1.29, 1.82) is 0 Å². The zero-order chi connectivity index (χ0) is 10.8. The van der Waals surface area contributed by atoms with Gasteiger partial charge >= 0.3 is 0 Å². The highest BCUT2D eigenvalue weighted by molar-refractivity contribution is 5.34. The van der Waals surface area contributed by atoms with Crippen molar-refractivity contribution in [2.24, 2.45) is 0 Å². The number of aliphatic hydroxyl groups is 1. The summed E-state index contributed by atoms with van der Waals surface area (Å²) in [7, 11) is 0. The maximum absolute atomic E-state index is 9.95. The van der Waals surface area contributed by atoms with Crippen LogP contribution in [0.1, 0.15) is 56.1 Å². The lowest BCUT2D eigenvalue weighted by Gasteiger charge is -2.20. The van der Waals surface area contributed by atoms with Gasteiger partial charge in [0, 0.05) is 5.92 Å². The average Bonchev–Trinajstić information content (AvgIpc) is 2.64. The predicted molar refractivity (Wildman–Crippen MR) is 63.1 cm³/mol. The van der Waals surface area contributed by atoms with Crippen molar-refractivity contribution in [3.8, 4) is 0 Å². The number of aliphatic hydroxyl groups excluding tert-OH is 1. The van der Waals surface area contributed by atoms with Gasteiger partial charge in [-0.15, -0.1) is 0 Å². The summed E-state index contributed by atoms with van der Waals surface area (Å²) in [6.45, 7) is 4.44. The van der Waals surface area contributed by atoms with Gasteiger partial charge in [0.25, 0.3) is 0 Å². The van der Waals surface area contributed by atoms with Gasteiger partial charge in [-0.3, -0.25) is 0 Å². The largest absolute Gasteiger partial charge is 0.392 e. The van der Waals surface area contributed by atoms with Crippen molar-refractivity contribution in [3.63, 3.8) is 0 Å². The molecule has 1 nitrogen and oxygen atoms in total. The highest BCUT2D eigenvalue weighted by Gasteiger charge is 2.28. The lowest BCUT2D eigenvalue weighted by molar-refractivity contribution is 0.163. The summed E-state index contributed by atoms with van der Waals surface area (Å²) in [4.78, 5) is 0. The lowest BCUT2D eigenvalue weighted by atomic mass is 9.87. The summed E-state index contributed by atoms with van der Waals surface area (Å²) in [5.74, 6) is 0.928. The molecule has 82 valence electrons. The van der Waals surface area contributed by atoms with Gasteiger partial charge in [0.1, 0.15) is 0 Å². The van der Waals surface area contributed by atoms with Crippen molar-refractivity contribution >= 4 is 0 Å². The SMILES string of the molecule is CC(C)c1ccccc1C1CCCC1O. The minimum atomic E-state index is -0.120. The van der Waals surface area contributed by atoms with Gasteiger partial charge < -0.3 is 5.11 Å². The third kappa shape index (κ3) is 2.07. The van der Waals surface area contributed by atoms with Crippen LogP contribution in [0.25, 0.3) is 0 Å². The van der Waals surface area contributed by atoms with Crippen LogP contribution in [-0.2, 0) is 0 Å². The average molecular weight is 204 g/mol. The van der Waals surface area contributed by atoms with Gasteiger partial charge in [-0.1, -0.05) is 44.5 Å². The molecule has 0 saturated heterocycles. The summed E-state index contributed by atoms with van der Waals surface area (Å²) in [5.41, 5.74) is 2.78. The summed E-state index contributed by atoms with van der Waals surface area (Å²) in [5, 5.41) is 9.95. The molecule has 15 heavy (non-hydrogen) atoms. The Labute approximate surface area is 92.1 Å². The van der Waals surface area contributed by atoms with Gasteiger partial charge in [-0.2, -0.15) is 0 Å². The first-order valence-corrected chi connectivity index (χ1v) is 5.97. The molecule has 0 heterocycles. The molecule has 1 aliphatic rings. The maximum Gasteiger partial charge on any atom is 0.0608 e. The number of benzene rings is 1. The van der Waals surface area contributed by atoms with E-state index >= 15 is 0 Å². The van der Waals surface area contributed by atoms with Crippen molar-refractivity contribution < 1.29 is 5.11 Å². The van der Waals surface area contributed by atoms with E-state index in [1.165, 1.54) is 11.1 Å². The Morgan fingerprint density at radius 3 is 2.53 bits per heavy atom. The lowest BCUT2D eigenvalue weighted by Crippen LogP contribution is -2.13. The van der Waals surface area contributed by atoms with Crippen molar-refractivity contribution in [1.82, 2.24) is 0 Å². The van der Waals surface area contributed by atoms with E-state index in [4.69, 9.17) is 0 Å². The van der Waals surface area contributed by atoms with E-state index in [0.717, 1.165) is 19.3 Å². The molecule has 0 bridgehead atoms. The third-order valence-electron chi connectivity index (χ3n) is 3.50. The molecule has 1 N–H and O–H groups in total. The molecule has 1 aliphatic carbocycles. The summed E-state index contributed by atoms with van der Waals surface area (Å²) >= 11 is 0. The first-order valence-electron chi connectivity index (χ1n) is 5.97. The van der Waals surface area contributed by atoms with Crippen molar-refractivity contribution in [3.05, 3.63) is 35.4 Å². The zero-order valence-corrected chi connectivity index (χ0v) is 9.61. The van der Waals surface area contributed by atoms with E-state index in [2.05, 4.69) is 38.1 Å². The van der Waals surface area contributed by atoms with Gasteiger partial charge in [0.15, 0.2) is 0 Å². The molecule has 0 amide bonds. The molecule has 1 fully saturated rings. The molecular weight excluding hydrogens is 184 g/mol. The van der Waals surface area contributed by atoms with Gasteiger partial charge in [-0.25, -0.2) is 0 Å². The zero-order valence-electron chi connectivity index (χ0n) is 9.61. The Bertz CT molecular complexity index is 330. The van der Waals surface area contributed by atoms with Crippen molar-refractivity contribution in [2.75, 3.05) is 0 Å². The van der Waals surface area contributed by atoms with Crippen LogP contribution < -0.4 is 0 Å². The molecule has 2 unspecified atom stereocenters. The Morgan fingerprint density at radius 1 is 1.20 bits per heavy atom. The fraction of sp³-hybridized carbons (Fsp3) is 0.571. The first-order chi connectivity index (χ1) is 7.20. The highest BCUT2D eigenvalue weighted by Crippen LogP contribution is 2.37. The second kappa shape index (κ2) is 4.36. The molecule has 0 spiro atoms. The van der Waals surface area contributed by atoms with E-state index in [1.807, 2.05) is 0 Å². The normalized spacial score (nSPS) is 26.1. The predicted octanol–water partition coefficient (Wildman–Crippen LogP) is 3.44. The topological polar surface area (TPSA) is 20.2 Å².